The summed E-state index contributed by atoms with van der Waals surface area (Å²) in [6, 6.07) is 0. The first-order valence-corrected chi connectivity index (χ1v) is 42.4. The molecule has 554 valence electrons. The third-order valence-corrected chi connectivity index (χ3v) is 19.2. The first-order chi connectivity index (χ1) is 45.5. The Labute approximate surface area is 577 Å². The summed E-state index contributed by atoms with van der Waals surface area (Å²) in [4.78, 5) is 14.6. The molecular weight excluding hydrogens is 1140 g/mol. The molecule has 0 bridgehead atoms. The van der Waals surface area contributed by atoms with Crippen molar-refractivity contribution in [2.75, 3.05) is 52.9 Å². The van der Waals surface area contributed by atoms with Gasteiger partial charge in [-0.1, -0.05) is 415 Å². The highest BCUT2D eigenvalue weighted by Crippen LogP contribution is 2.43. The van der Waals surface area contributed by atoms with Gasteiger partial charge in [0.25, 0.3) is 5.79 Å². The fourth-order valence-corrected chi connectivity index (χ4v) is 12.9. The Morgan fingerprint density at radius 1 is 0.185 bits per heavy atom. The van der Waals surface area contributed by atoms with Crippen molar-refractivity contribution in [1.82, 2.24) is 5.23 Å². The number of hydroxylamine groups is 2. The molecule has 0 aliphatic rings. The lowest BCUT2D eigenvalue weighted by molar-refractivity contribution is -0.592. The van der Waals surface area contributed by atoms with Crippen molar-refractivity contribution in [2.45, 2.75) is 484 Å². The van der Waals surface area contributed by atoms with Crippen molar-refractivity contribution in [3.05, 3.63) is 0 Å². The first-order valence-electron chi connectivity index (χ1n) is 42.4. The summed E-state index contributed by atoms with van der Waals surface area (Å²) in [5, 5.41) is 1.69. The maximum atomic E-state index is 7.85. The van der Waals surface area contributed by atoms with Crippen molar-refractivity contribution in [3.8, 4) is 0 Å². The van der Waals surface area contributed by atoms with Crippen molar-refractivity contribution >= 4 is 0 Å². The van der Waals surface area contributed by atoms with E-state index in [0.717, 1.165) is 103 Å². The van der Waals surface area contributed by atoms with Crippen molar-refractivity contribution in [2.24, 2.45) is 0 Å². The molecule has 0 fully saturated rings. The third kappa shape index (κ3) is 55.5. The van der Waals surface area contributed by atoms with Crippen molar-refractivity contribution in [1.29, 1.82) is 0 Å². The van der Waals surface area contributed by atoms with Gasteiger partial charge in [0.1, 0.15) is 0 Å². The second kappa shape index (κ2) is 76.4. The molecule has 0 amide bonds. The van der Waals surface area contributed by atoms with Crippen LogP contribution in [0.5, 0.6) is 0 Å². The summed E-state index contributed by atoms with van der Waals surface area (Å²) in [7, 11) is 0. The standard InChI is InChI=1S/C83H169NO8/c1-9-17-25-33-41-49-57-65-73-85-81(86-74-66-58-50-42-34-26-18-10-2)82(87-75-67-59-51-43-35-27-19-11-3,88-76-68-60-52-44-36-28-20-12-4)83(89-77-69-61-53-45-37-29-21-13-5,90-78-70-62-54-46-38-30-22-14-6)84(91-79-71-63-55-47-39-31-23-15-7)92-80-72-64-56-48-40-32-24-16-8/h81H,9-80H2,1-8H3. The van der Waals surface area contributed by atoms with Crippen LogP contribution in [0, 0.1) is 0 Å². The number of nitrogens with zero attached hydrogens (tertiary/aromatic N) is 1. The Kier molecular flexibility index (Phi) is 76.1. The molecule has 0 heterocycles. The number of unbranched alkanes of at least 4 members (excludes halogenated alkanes) is 56. The monoisotopic (exact) mass is 1310 g/mol. The Morgan fingerprint density at radius 3 is 0.554 bits per heavy atom. The van der Waals surface area contributed by atoms with Crippen LogP contribution in [0.2, 0.25) is 0 Å². The van der Waals surface area contributed by atoms with Crippen LogP contribution in [-0.2, 0) is 38.1 Å². The van der Waals surface area contributed by atoms with E-state index in [0.29, 0.717) is 52.9 Å². The lowest BCUT2D eigenvalue weighted by Gasteiger charge is -2.53. The van der Waals surface area contributed by atoms with Gasteiger partial charge < -0.3 is 28.4 Å². The molecule has 0 radical (unpaired) electrons. The van der Waals surface area contributed by atoms with Crippen LogP contribution < -0.4 is 0 Å². The fourth-order valence-electron chi connectivity index (χ4n) is 12.9. The fraction of sp³-hybridized carbons (Fsp3) is 1.00. The van der Waals surface area contributed by atoms with Gasteiger partial charge in [0.2, 0.25) is 6.29 Å². The van der Waals surface area contributed by atoms with Gasteiger partial charge in [-0.05, 0) is 51.4 Å². The minimum Gasteiger partial charge on any atom is -0.348 e. The number of hydrogen-bond donors (Lipinski definition) is 0. The van der Waals surface area contributed by atoms with Crippen LogP contribution in [0.15, 0.2) is 0 Å². The minimum atomic E-state index is -1.82. The molecule has 0 unspecified atom stereocenters. The summed E-state index contributed by atoms with van der Waals surface area (Å²) in [6.45, 7) is 22.3. The van der Waals surface area contributed by atoms with Gasteiger partial charge in [-0.15, -0.1) is 0 Å². The highest BCUT2D eigenvalue weighted by Gasteiger charge is 2.68. The molecule has 0 spiro atoms. The minimum absolute atomic E-state index is 0.442. The van der Waals surface area contributed by atoms with Gasteiger partial charge >= 0.3 is 5.91 Å². The van der Waals surface area contributed by atoms with E-state index in [1.807, 2.05) is 0 Å². The molecule has 0 aliphatic heterocycles. The van der Waals surface area contributed by atoms with Gasteiger partial charge in [-0.2, -0.15) is 0 Å². The molecular formula is C83H169NO8. The quantitative estimate of drug-likeness (QED) is 0.0336. The normalized spacial score (nSPS) is 12.3. The molecule has 0 saturated heterocycles. The smallest absolute Gasteiger partial charge is 0.338 e. The summed E-state index contributed by atoms with van der Waals surface area (Å²) in [5.74, 6) is -3.55. The summed E-state index contributed by atoms with van der Waals surface area (Å²) >= 11 is 0. The molecule has 0 aliphatic carbocycles. The van der Waals surface area contributed by atoms with Crippen LogP contribution >= 0.6 is 0 Å². The van der Waals surface area contributed by atoms with Gasteiger partial charge in [-0.3, -0.25) is 9.68 Å². The highest BCUT2D eigenvalue weighted by molar-refractivity contribution is 4.91. The zero-order valence-electron chi connectivity index (χ0n) is 64.2. The molecule has 0 rings (SSSR count). The molecule has 9 nitrogen and oxygen atoms in total. The summed E-state index contributed by atoms with van der Waals surface area (Å²) in [6.07, 6.45) is 76.5. The molecule has 92 heavy (non-hydrogen) atoms. The van der Waals surface area contributed by atoms with E-state index >= 15 is 0 Å². The number of hydrogen-bond acceptors (Lipinski definition) is 9. The van der Waals surface area contributed by atoms with Crippen LogP contribution in [-0.4, -0.2) is 76.1 Å². The van der Waals surface area contributed by atoms with Crippen molar-refractivity contribution in [3.63, 3.8) is 0 Å². The maximum absolute atomic E-state index is 7.85. The average molecular weight is 1310 g/mol. The van der Waals surface area contributed by atoms with E-state index in [2.05, 4.69) is 55.4 Å². The molecule has 0 N–H and O–H groups in total. The van der Waals surface area contributed by atoms with Crippen LogP contribution in [0.4, 0.5) is 0 Å². The van der Waals surface area contributed by atoms with Gasteiger partial charge in [-0.25, -0.2) is 0 Å². The Hall–Kier alpha value is -0.360. The largest absolute Gasteiger partial charge is 0.348 e. The molecule has 0 saturated carbocycles. The van der Waals surface area contributed by atoms with E-state index in [9.17, 15) is 0 Å². The van der Waals surface area contributed by atoms with E-state index in [1.54, 1.807) is 5.23 Å². The molecule has 0 aromatic rings. The predicted octanol–water partition coefficient (Wildman–Crippen LogP) is 28.1. The third-order valence-electron chi connectivity index (χ3n) is 19.2. The topological polar surface area (TPSA) is 77.1 Å². The van der Waals surface area contributed by atoms with E-state index in [4.69, 9.17) is 38.1 Å². The van der Waals surface area contributed by atoms with Crippen molar-refractivity contribution < 1.29 is 38.1 Å². The SMILES string of the molecule is CCCCCCCCCCOC(OCCCCCCCCCC)C(OCCCCCCCCCC)(OCCCCCCCCCC)C(OCCCCCCCCCC)(OCCCCCCCCCC)N(OCCCCCCCCCC)OCCCCCCCCCC. The second-order valence-electron chi connectivity index (χ2n) is 28.4. The van der Waals surface area contributed by atoms with Gasteiger partial charge in [0.05, 0.1) is 39.6 Å². The van der Waals surface area contributed by atoms with E-state index in [1.165, 1.54) is 308 Å². The van der Waals surface area contributed by atoms with Gasteiger partial charge in [0.15, 0.2) is 0 Å². The molecule has 0 aromatic heterocycles. The Morgan fingerprint density at radius 2 is 0.348 bits per heavy atom. The van der Waals surface area contributed by atoms with Crippen LogP contribution in [0.1, 0.15) is 466 Å². The lowest BCUT2D eigenvalue weighted by atomic mass is 10.1. The zero-order valence-corrected chi connectivity index (χ0v) is 64.2. The van der Waals surface area contributed by atoms with Crippen LogP contribution in [0.25, 0.3) is 0 Å². The van der Waals surface area contributed by atoms with E-state index < -0.39 is 18.0 Å². The van der Waals surface area contributed by atoms with Gasteiger partial charge in [0, 0.05) is 18.4 Å². The summed E-state index contributed by atoms with van der Waals surface area (Å²) in [5.41, 5.74) is 0. The lowest BCUT2D eigenvalue weighted by Crippen LogP contribution is -2.74. The second-order valence-corrected chi connectivity index (χ2v) is 28.4. The highest BCUT2D eigenvalue weighted by atomic mass is 17.0. The van der Waals surface area contributed by atoms with E-state index in [-0.39, 0.29) is 0 Å². The Balaban J connectivity index is 8.44. The molecule has 0 aromatic carbocycles. The number of rotatable bonds is 83. The number of ether oxygens (including phenoxy) is 6. The zero-order chi connectivity index (χ0) is 66.7. The first kappa shape index (κ1) is 91.6. The molecule has 9 heteroatoms. The maximum Gasteiger partial charge on any atom is 0.338 e. The Bertz CT molecular complexity index is 1150. The predicted molar refractivity (Wildman–Crippen MR) is 400 cm³/mol. The summed E-state index contributed by atoms with van der Waals surface area (Å²) < 4.78 is 46.2. The van der Waals surface area contributed by atoms with Crippen LogP contribution in [0.3, 0.4) is 0 Å². The average Bonchev–Trinajstić information content (AvgIpc) is 0.740. The molecule has 0 atom stereocenters.